The van der Waals surface area contributed by atoms with E-state index in [0.717, 1.165) is 16.3 Å². The summed E-state index contributed by atoms with van der Waals surface area (Å²) < 4.78 is 9.27. The maximum atomic E-state index is 6.23. The summed E-state index contributed by atoms with van der Waals surface area (Å²) in [7, 11) is 0. The van der Waals surface area contributed by atoms with Gasteiger partial charge in [0, 0.05) is 5.69 Å². The van der Waals surface area contributed by atoms with Crippen molar-refractivity contribution in [2.75, 3.05) is 5.32 Å². The van der Waals surface area contributed by atoms with Gasteiger partial charge in [0.1, 0.15) is 11.4 Å². The van der Waals surface area contributed by atoms with Crippen molar-refractivity contribution in [3.63, 3.8) is 0 Å². The van der Waals surface area contributed by atoms with Crippen molar-refractivity contribution < 1.29 is 4.74 Å². The van der Waals surface area contributed by atoms with Crippen LogP contribution in [-0.2, 0) is 0 Å². The van der Waals surface area contributed by atoms with E-state index in [4.69, 9.17) is 21.3 Å². The summed E-state index contributed by atoms with van der Waals surface area (Å²) in [6.07, 6.45) is 0. The number of rotatable bonds is 3. The third kappa shape index (κ3) is 3.89. The fourth-order valence-corrected chi connectivity index (χ4v) is 3.54. The van der Waals surface area contributed by atoms with Crippen molar-refractivity contribution in [1.82, 2.24) is 4.72 Å². The second-order valence-corrected chi connectivity index (χ2v) is 7.48. The molecule has 3 aromatic rings. The van der Waals surface area contributed by atoms with Gasteiger partial charge >= 0.3 is 0 Å². The van der Waals surface area contributed by atoms with E-state index in [1.54, 1.807) is 6.07 Å². The lowest BCUT2D eigenvalue weighted by Gasteiger charge is -2.20. The molecule has 0 spiro atoms. The number of aryl methyl sites for hydroxylation is 2. The molecule has 0 saturated heterocycles. The Hall–Kier alpha value is -2.63. The quantitative estimate of drug-likeness (QED) is 0.499. The van der Waals surface area contributed by atoms with Gasteiger partial charge in [0.2, 0.25) is 5.96 Å². The first-order chi connectivity index (χ1) is 13.1. The predicted octanol–water partition coefficient (Wildman–Crippen LogP) is 6.46. The van der Waals surface area contributed by atoms with E-state index in [1.165, 1.54) is 23.1 Å². The summed E-state index contributed by atoms with van der Waals surface area (Å²) in [5.41, 5.74) is 4.24. The number of nitrogens with zero attached hydrogens (tertiary/aromatic N) is 1. The van der Waals surface area contributed by atoms with Gasteiger partial charge < -0.3 is 10.1 Å². The summed E-state index contributed by atoms with van der Waals surface area (Å²) in [5.74, 6) is 1.93. The molecule has 6 heteroatoms. The minimum atomic E-state index is 0.564. The second kappa shape index (κ2) is 7.55. The van der Waals surface area contributed by atoms with Crippen molar-refractivity contribution >= 4 is 40.9 Å². The van der Waals surface area contributed by atoms with Gasteiger partial charge in [-0.2, -0.15) is 0 Å². The zero-order chi connectivity index (χ0) is 18.8. The normalized spacial score (nSPS) is 12.6. The molecule has 1 aliphatic rings. The summed E-state index contributed by atoms with van der Waals surface area (Å²) >= 11 is 7.73. The highest BCUT2D eigenvalue weighted by Crippen LogP contribution is 2.42. The summed E-state index contributed by atoms with van der Waals surface area (Å²) in [5, 5.41) is 3.89. The highest BCUT2D eigenvalue weighted by atomic mass is 35.5. The molecule has 136 valence electrons. The zero-order valence-corrected chi connectivity index (χ0v) is 16.5. The van der Waals surface area contributed by atoms with Crippen molar-refractivity contribution in [1.29, 1.82) is 0 Å². The molecule has 3 aromatic carbocycles. The lowest BCUT2D eigenvalue weighted by atomic mass is 10.1. The first-order valence-electron chi connectivity index (χ1n) is 8.51. The number of ether oxygens (including phenoxy) is 1. The van der Waals surface area contributed by atoms with Gasteiger partial charge in [0.05, 0.1) is 9.92 Å². The molecule has 0 radical (unpaired) electrons. The van der Waals surface area contributed by atoms with E-state index in [9.17, 15) is 0 Å². The molecular weight excluding hydrogens is 378 g/mol. The maximum Gasteiger partial charge on any atom is 0.211 e. The Kier molecular flexibility index (Phi) is 4.97. The lowest BCUT2D eigenvalue weighted by Crippen LogP contribution is -2.26. The topological polar surface area (TPSA) is 45.7 Å². The molecule has 0 aliphatic carbocycles. The van der Waals surface area contributed by atoms with Crippen LogP contribution in [0, 0.1) is 13.8 Å². The Bertz CT molecular complexity index is 1040. The van der Waals surface area contributed by atoms with Crippen LogP contribution in [0.3, 0.4) is 0 Å². The molecule has 27 heavy (non-hydrogen) atoms. The molecule has 0 amide bonds. The van der Waals surface area contributed by atoms with E-state index >= 15 is 0 Å². The van der Waals surface area contributed by atoms with Crippen molar-refractivity contribution in [2.24, 2.45) is 4.99 Å². The molecular formula is C21H18ClN3OS. The number of guanidine groups is 1. The largest absolute Gasteiger partial charge is 0.453 e. The van der Waals surface area contributed by atoms with Gasteiger partial charge in [-0.1, -0.05) is 35.9 Å². The van der Waals surface area contributed by atoms with Crippen LogP contribution in [-0.4, -0.2) is 5.96 Å². The molecule has 1 heterocycles. The van der Waals surface area contributed by atoms with E-state index in [1.807, 2.05) is 42.5 Å². The Balaban J connectivity index is 1.64. The molecule has 0 unspecified atom stereocenters. The molecule has 2 N–H and O–H groups in total. The smallest absolute Gasteiger partial charge is 0.211 e. The monoisotopic (exact) mass is 395 g/mol. The van der Waals surface area contributed by atoms with Crippen molar-refractivity contribution in [3.8, 4) is 11.5 Å². The van der Waals surface area contributed by atoms with Crippen LogP contribution >= 0.6 is 23.5 Å². The Labute approximate surface area is 167 Å². The van der Waals surface area contributed by atoms with Gasteiger partial charge in [-0.25, -0.2) is 4.99 Å². The predicted molar refractivity (Wildman–Crippen MR) is 114 cm³/mol. The number of anilines is 1. The van der Waals surface area contributed by atoms with E-state index in [0.29, 0.717) is 22.5 Å². The van der Waals surface area contributed by atoms with Gasteiger partial charge in [-0.15, -0.1) is 0 Å². The maximum absolute atomic E-state index is 6.23. The van der Waals surface area contributed by atoms with E-state index < -0.39 is 0 Å². The van der Waals surface area contributed by atoms with Crippen LogP contribution in [0.4, 0.5) is 11.4 Å². The van der Waals surface area contributed by atoms with Gasteiger partial charge in [0.25, 0.3) is 0 Å². The molecule has 0 bridgehead atoms. The summed E-state index contributed by atoms with van der Waals surface area (Å²) in [4.78, 5) is 5.71. The molecule has 4 rings (SSSR count). The summed E-state index contributed by atoms with van der Waals surface area (Å²) in [6.45, 7) is 4.19. The first kappa shape index (κ1) is 17.8. The Morgan fingerprint density at radius 1 is 0.963 bits per heavy atom. The van der Waals surface area contributed by atoms with Crippen molar-refractivity contribution in [2.45, 2.75) is 18.7 Å². The first-order valence-corrected chi connectivity index (χ1v) is 9.71. The van der Waals surface area contributed by atoms with Gasteiger partial charge in [-0.05, 0) is 73.3 Å². The Morgan fingerprint density at radius 2 is 1.78 bits per heavy atom. The second-order valence-electron chi connectivity index (χ2n) is 6.22. The fraction of sp³-hybridized carbons (Fsp3) is 0.0952. The highest BCUT2D eigenvalue weighted by Gasteiger charge is 2.18. The number of fused-ring (bicyclic) bond motifs is 1. The molecule has 0 atom stereocenters. The van der Waals surface area contributed by atoms with Crippen LogP contribution < -0.4 is 14.8 Å². The lowest BCUT2D eigenvalue weighted by molar-refractivity contribution is 0.483. The minimum Gasteiger partial charge on any atom is -0.453 e. The average molecular weight is 396 g/mol. The van der Waals surface area contributed by atoms with Gasteiger partial charge in [-0.3, -0.25) is 4.72 Å². The highest BCUT2D eigenvalue weighted by molar-refractivity contribution is 7.98. The average Bonchev–Trinajstić information content (AvgIpc) is 2.67. The third-order valence-electron chi connectivity index (χ3n) is 4.27. The third-order valence-corrected chi connectivity index (χ3v) is 5.43. The number of nitrogens with one attached hydrogen (secondary N) is 2. The molecule has 0 saturated carbocycles. The van der Waals surface area contributed by atoms with E-state index in [2.05, 4.69) is 36.0 Å². The number of hydrogen-bond acceptors (Lipinski definition) is 5. The fourth-order valence-electron chi connectivity index (χ4n) is 2.67. The number of aliphatic imine (C=N–C) groups is 1. The molecule has 1 aliphatic heterocycles. The van der Waals surface area contributed by atoms with Crippen LogP contribution in [0.25, 0.3) is 0 Å². The molecule has 0 aromatic heterocycles. The SMILES string of the molecule is Cc1ccc(NC2=Nc3c(Oc4ccccc4Cl)cccc3SN2)cc1C. The minimum absolute atomic E-state index is 0.564. The van der Waals surface area contributed by atoms with Crippen LogP contribution in [0.1, 0.15) is 11.1 Å². The Morgan fingerprint density at radius 3 is 2.59 bits per heavy atom. The summed E-state index contributed by atoms with van der Waals surface area (Å²) in [6, 6.07) is 19.5. The van der Waals surface area contributed by atoms with Crippen LogP contribution in [0.15, 0.2) is 70.6 Å². The standard InChI is InChI=1S/C21H18ClN3OS/c1-13-10-11-15(12-14(13)2)23-21-24-20-18(8-5-9-19(20)27-25-21)26-17-7-4-3-6-16(17)22/h3-12H,1-2H3,(H2,23,24,25). The van der Waals surface area contributed by atoms with Gasteiger partial charge in [0.15, 0.2) is 5.75 Å². The number of benzene rings is 3. The zero-order valence-electron chi connectivity index (χ0n) is 14.9. The van der Waals surface area contributed by atoms with Crippen LogP contribution in [0.5, 0.6) is 11.5 Å². The number of hydrogen-bond donors (Lipinski definition) is 2. The van der Waals surface area contributed by atoms with E-state index in [-0.39, 0.29) is 0 Å². The number of para-hydroxylation sites is 2. The van der Waals surface area contributed by atoms with Crippen molar-refractivity contribution in [3.05, 3.63) is 76.8 Å². The molecule has 4 nitrogen and oxygen atoms in total. The molecule has 0 fully saturated rings. The number of halogens is 1. The van der Waals surface area contributed by atoms with Crippen LogP contribution in [0.2, 0.25) is 5.02 Å².